The molecule has 2 aromatic rings. The van der Waals surface area contributed by atoms with Crippen LogP contribution in [0.5, 0.6) is 0 Å². The molecule has 3 nitrogen and oxygen atoms in total. The Morgan fingerprint density at radius 1 is 1.39 bits per heavy atom. The summed E-state index contributed by atoms with van der Waals surface area (Å²) in [5, 5.41) is 8.50. The van der Waals surface area contributed by atoms with Crippen LogP contribution in [0.1, 0.15) is 16.3 Å². The third-order valence-corrected chi connectivity index (χ3v) is 3.33. The van der Waals surface area contributed by atoms with Crippen molar-refractivity contribution in [1.82, 2.24) is 15.1 Å². The predicted molar refractivity (Wildman–Crippen MR) is 63.1 cm³/mol. The number of rotatable bonds is 4. The third kappa shape index (κ3) is 3.11. The highest BCUT2D eigenvalue weighted by Gasteiger charge is 2.34. The Labute approximate surface area is 106 Å². The summed E-state index contributed by atoms with van der Waals surface area (Å²) in [6.45, 7) is 1.00. The lowest BCUT2D eigenvalue weighted by atomic mass is 10.3. The monoisotopic (exact) mass is 275 g/mol. The van der Waals surface area contributed by atoms with Crippen molar-refractivity contribution in [2.45, 2.75) is 19.3 Å². The molecule has 0 atom stereocenters. The summed E-state index contributed by atoms with van der Waals surface area (Å²) in [6, 6.07) is 4.98. The van der Waals surface area contributed by atoms with Gasteiger partial charge in [0, 0.05) is 25.0 Å². The van der Waals surface area contributed by atoms with Crippen molar-refractivity contribution in [1.29, 1.82) is 0 Å². The average molecular weight is 275 g/mol. The van der Waals surface area contributed by atoms with Crippen LogP contribution in [0.3, 0.4) is 0 Å². The lowest BCUT2D eigenvalue weighted by Gasteiger charge is -2.03. The fourth-order valence-electron chi connectivity index (χ4n) is 1.54. The topological polar surface area (TPSA) is 29.9 Å². The number of halogens is 3. The number of aromatic nitrogens is 2. The molecule has 2 aromatic heterocycles. The van der Waals surface area contributed by atoms with Gasteiger partial charge in [0.2, 0.25) is 0 Å². The number of thiophene rings is 1. The minimum Gasteiger partial charge on any atom is -0.306 e. The summed E-state index contributed by atoms with van der Waals surface area (Å²) >= 11 is 1.61. The molecule has 2 heterocycles. The first-order chi connectivity index (χ1) is 8.47. The minimum absolute atomic E-state index is 0.359. The Balaban J connectivity index is 1.95. The molecule has 0 saturated carbocycles. The summed E-state index contributed by atoms with van der Waals surface area (Å²) in [7, 11) is 1.51. The maximum absolute atomic E-state index is 12.4. The van der Waals surface area contributed by atoms with Gasteiger partial charge in [0.05, 0.1) is 5.69 Å². The molecule has 18 heavy (non-hydrogen) atoms. The average Bonchev–Trinajstić information content (AvgIpc) is 2.88. The van der Waals surface area contributed by atoms with Crippen molar-refractivity contribution in [2.75, 3.05) is 0 Å². The molecule has 0 bridgehead atoms. The molecule has 0 saturated heterocycles. The van der Waals surface area contributed by atoms with Crippen LogP contribution in [-0.2, 0) is 26.3 Å². The third-order valence-electron chi connectivity index (χ3n) is 2.45. The van der Waals surface area contributed by atoms with Crippen molar-refractivity contribution < 1.29 is 13.2 Å². The quantitative estimate of drug-likeness (QED) is 0.930. The van der Waals surface area contributed by atoms with E-state index in [0.717, 1.165) is 10.9 Å². The summed E-state index contributed by atoms with van der Waals surface area (Å²) in [4.78, 5) is 1.15. The Hall–Kier alpha value is -1.34. The molecule has 0 fully saturated rings. The molecule has 0 unspecified atom stereocenters. The van der Waals surface area contributed by atoms with E-state index in [2.05, 4.69) is 10.4 Å². The smallest absolute Gasteiger partial charge is 0.306 e. The van der Waals surface area contributed by atoms with Gasteiger partial charge in [-0.2, -0.15) is 18.3 Å². The fraction of sp³-hybridized carbons (Fsp3) is 0.364. The largest absolute Gasteiger partial charge is 0.435 e. The summed E-state index contributed by atoms with van der Waals surface area (Å²) in [6.07, 6.45) is -4.39. The highest BCUT2D eigenvalue weighted by Crippen LogP contribution is 2.28. The van der Waals surface area contributed by atoms with Crippen LogP contribution >= 0.6 is 11.3 Å². The van der Waals surface area contributed by atoms with E-state index in [9.17, 15) is 13.2 Å². The predicted octanol–water partition coefficient (Wildman–Crippen LogP) is 2.79. The maximum Gasteiger partial charge on any atom is 0.435 e. The second-order valence-electron chi connectivity index (χ2n) is 3.83. The van der Waals surface area contributed by atoms with Crippen molar-refractivity contribution in [2.24, 2.45) is 7.05 Å². The van der Waals surface area contributed by atoms with Gasteiger partial charge in [-0.25, -0.2) is 0 Å². The first-order valence-corrected chi connectivity index (χ1v) is 6.18. The van der Waals surface area contributed by atoms with E-state index >= 15 is 0 Å². The number of nitrogens with one attached hydrogen (secondary N) is 1. The van der Waals surface area contributed by atoms with E-state index in [0.29, 0.717) is 18.8 Å². The van der Waals surface area contributed by atoms with E-state index in [4.69, 9.17) is 0 Å². The molecule has 0 aliphatic heterocycles. The van der Waals surface area contributed by atoms with Crippen molar-refractivity contribution in [3.63, 3.8) is 0 Å². The molecular weight excluding hydrogens is 263 g/mol. The molecule has 0 amide bonds. The molecule has 0 aliphatic carbocycles. The molecule has 98 valence electrons. The molecule has 0 spiro atoms. The van der Waals surface area contributed by atoms with Crippen LogP contribution in [0.25, 0.3) is 0 Å². The van der Waals surface area contributed by atoms with Gasteiger partial charge in [-0.15, -0.1) is 11.3 Å². The minimum atomic E-state index is -4.39. The van der Waals surface area contributed by atoms with E-state index in [1.54, 1.807) is 11.3 Å². The zero-order valence-corrected chi connectivity index (χ0v) is 10.5. The molecule has 0 aliphatic rings. The summed E-state index contributed by atoms with van der Waals surface area (Å²) < 4.78 is 38.6. The fourth-order valence-corrected chi connectivity index (χ4v) is 2.21. The second kappa shape index (κ2) is 5.11. The Kier molecular flexibility index (Phi) is 3.72. The number of aryl methyl sites for hydroxylation is 1. The summed E-state index contributed by atoms with van der Waals surface area (Å²) in [5.41, 5.74) is -0.336. The molecule has 0 radical (unpaired) electrons. The first-order valence-electron chi connectivity index (χ1n) is 5.30. The molecular formula is C11H12F3N3S. The van der Waals surface area contributed by atoms with Gasteiger partial charge in [0.15, 0.2) is 5.69 Å². The zero-order valence-electron chi connectivity index (χ0n) is 9.66. The highest BCUT2D eigenvalue weighted by molar-refractivity contribution is 7.09. The SMILES string of the molecule is Cn1nc(C(F)(F)F)cc1CNCc1cccs1. The standard InChI is InChI=1S/C11H12F3N3S/c1-17-8(5-10(16-17)11(12,13)14)6-15-7-9-3-2-4-18-9/h2-5,15H,6-7H2,1H3. The second-order valence-corrected chi connectivity index (χ2v) is 4.86. The van der Waals surface area contributed by atoms with Crippen LogP contribution in [0.2, 0.25) is 0 Å². The van der Waals surface area contributed by atoms with Gasteiger partial charge in [-0.05, 0) is 17.5 Å². The zero-order chi connectivity index (χ0) is 13.2. The summed E-state index contributed by atoms with van der Waals surface area (Å²) in [5.74, 6) is 0. The maximum atomic E-state index is 12.4. The van der Waals surface area contributed by atoms with Crippen LogP contribution in [0, 0.1) is 0 Å². The Morgan fingerprint density at radius 2 is 2.17 bits per heavy atom. The molecule has 1 N–H and O–H groups in total. The number of nitrogens with zero attached hydrogens (tertiary/aromatic N) is 2. The number of hydrogen-bond donors (Lipinski definition) is 1. The number of alkyl halides is 3. The molecule has 7 heteroatoms. The van der Waals surface area contributed by atoms with E-state index < -0.39 is 11.9 Å². The van der Waals surface area contributed by atoms with Gasteiger partial charge < -0.3 is 5.32 Å². The van der Waals surface area contributed by atoms with Crippen LogP contribution in [-0.4, -0.2) is 9.78 Å². The Bertz CT molecular complexity index is 502. The lowest BCUT2D eigenvalue weighted by Crippen LogP contribution is -2.14. The lowest BCUT2D eigenvalue weighted by molar-refractivity contribution is -0.141. The van der Waals surface area contributed by atoms with Gasteiger partial charge in [-0.1, -0.05) is 6.07 Å². The molecule has 2 rings (SSSR count). The Morgan fingerprint density at radius 3 is 2.72 bits per heavy atom. The van der Waals surface area contributed by atoms with Gasteiger partial charge >= 0.3 is 6.18 Å². The van der Waals surface area contributed by atoms with Crippen molar-refractivity contribution in [3.05, 3.63) is 39.8 Å². The van der Waals surface area contributed by atoms with E-state index in [-0.39, 0.29) is 0 Å². The van der Waals surface area contributed by atoms with E-state index in [1.165, 1.54) is 11.7 Å². The van der Waals surface area contributed by atoms with E-state index in [1.807, 2.05) is 17.5 Å². The van der Waals surface area contributed by atoms with Crippen molar-refractivity contribution >= 4 is 11.3 Å². The highest BCUT2D eigenvalue weighted by atomic mass is 32.1. The first kappa shape index (κ1) is 13.1. The van der Waals surface area contributed by atoms with Crippen LogP contribution in [0.15, 0.2) is 23.6 Å². The van der Waals surface area contributed by atoms with Gasteiger partial charge in [0.1, 0.15) is 0 Å². The van der Waals surface area contributed by atoms with Crippen LogP contribution in [0.4, 0.5) is 13.2 Å². The van der Waals surface area contributed by atoms with Crippen LogP contribution < -0.4 is 5.32 Å². The van der Waals surface area contributed by atoms with Gasteiger partial charge in [0.25, 0.3) is 0 Å². The van der Waals surface area contributed by atoms with Gasteiger partial charge in [-0.3, -0.25) is 4.68 Å². The normalized spacial score (nSPS) is 12.0. The van der Waals surface area contributed by atoms with Crippen molar-refractivity contribution in [3.8, 4) is 0 Å². The number of hydrogen-bond acceptors (Lipinski definition) is 3. The molecule has 0 aromatic carbocycles.